The van der Waals surface area contributed by atoms with Gasteiger partial charge in [0.25, 0.3) is 0 Å². The first kappa shape index (κ1) is 10.5. The summed E-state index contributed by atoms with van der Waals surface area (Å²) >= 11 is 0. The molecule has 5 heteroatoms. The van der Waals surface area contributed by atoms with Crippen LogP contribution in [0, 0.1) is 0 Å². The fourth-order valence-electron chi connectivity index (χ4n) is 1.44. The summed E-state index contributed by atoms with van der Waals surface area (Å²) < 4.78 is 14.5. The summed E-state index contributed by atoms with van der Waals surface area (Å²) in [7, 11) is 1.22. The lowest BCUT2D eigenvalue weighted by Crippen LogP contribution is -2.15. The molecule has 1 heterocycles. The molecular formula is C11H10O5. The molecule has 5 nitrogen and oxygen atoms in total. The molecule has 0 saturated heterocycles. The lowest BCUT2D eigenvalue weighted by molar-refractivity contribution is 0.0933. The van der Waals surface area contributed by atoms with E-state index in [0.717, 1.165) is 0 Å². The van der Waals surface area contributed by atoms with Gasteiger partial charge in [-0.05, 0) is 12.1 Å². The minimum absolute atomic E-state index is 0.0332. The topological polar surface area (TPSA) is 61.8 Å². The predicted molar refractivity (Wildman–Crippen MR) is 53.9 cm³/mol. The van der Waals surface area contributed by atoms with Gasteiger partial charge in [0.05, 0.1) is 19.3 Å². The van der Waals surface area contributed by atoms with Crippen LogP contribution in [0.1, 0.15) is 16.8 Å². The molecule has 1 aromatic rings. The number of ketones is 1. The largest absolute Gasteiger partial charge is 0.513 e. The highest BCUT2D eigenvalue weighted by molar-refractivity contribution is 5.99. The number of hydrogen-bond acceptors (Lipinski definition) is 5. The number of Topliss-reactive ketones (excluding diaryl/α,β-unsaturated/α-hetero) is 1. The van der Waals surface area contributed by atoms with E-state index in [1.54, 1.807) is 6.07 Å². The van der Waals surface area contributed by atoms with Gasteiger partial charge < -0.3 is 14.2 Å². The van der Waals surface area contributed by atoms with Gasteiger partial charge in [-0.3, -0.25) is 4.79 Å². The molecule has 84 valence electrons. The zero-order valence-electron chi connectivity index (χ0n) is 8.69. The van der Waals surface area contributed by atoms with Crippen molar-refractivity contribution in [2.24, 2.45) is 0 Å². The monoisotopic (exact) mass is 222 g/mol. The lowest BCUT2D eigenvalue weighted by atomic mass is 10.1. The summed E-state index contributed by atoms with van der Waals surface area (Å²) in [6, 6.07) is 4.61. The number of rotatable bonds is 1. The number of benzene rings is 1. The summed E-state index contributed by atoms with van der Waals surface area (Å²) in [5.74, 6) is 0.767. The van der Waals surface area contributed by atoms with Crippen LogP contribution in [0.25, 0.3) is 0 Å². The molecule has 0 radical (unpaired) electrons. The first-order valence-electron chi connectivity index (χ1n) is 4.76. The summed E-state index contributed by atoms with van der Waals surface area (Å²) in [4.78, 5) is 22.3. The molecule has 1 aliphatic heterocycles. The van der Waals surface area contributed by atoms with E-state index in [1.807, 2.05) is 0 Å². The van der Waals surface area contributed by atoms with Gasteiger partial charge in [0, 0.05) is 12.5 Å². The second-order valence-corrected chi connectivity index (χ2v) is 3.24. The van der Waals surface area contributed by atoms with Crippen molar-refractivity contribution in [1.82, 2.24) is 0 Å². The third-order valence-corrected chi connectivity index (χ3v) is 2.21. The molecule has 0 fully saturated rings. The zero-order chi connectivity index (χ0) is 11.5. The van der Waals surface area contributed by atoms with Crippen molar-refractivity contribution >= 4 is 11.9 Å². The zero-order valence-corrected chi connectivity index (χ0v) is 8.69. The number of ether oxygens (including phenoxy) is 3. The van der Waals surface area contributed by atoms with Crippen molar-refractivity contribution in [2.75, 3.05) is 13.7 Å². The number of carbonyl (C=O) groups excluding carboxylic acids is 2. The van der Waals surface area contributed by atoms with Gasteiger partial charge in [-0.2, -0.15) is 0 Å². The quantitative estimate of drug-likeness (QED) is 0.535. The van der Waals surface area contributed by atoms with E-state index in [1.165, 1.54) is 19.2 Å². The maximum atomic E-state index is 11.5. The van der Waals surface area contributed by atoms with E-state index in [9.17, 15) is 9.59 Å². The van der Waals surface area contributed by atoms with Crippen LogP contribution in [0.3, 0.4) is 0 Å². The Kier molecular flexibility index (Phi) is 2.76. The standard InChI is InChI=1S/C11H10O5/c1-14-11(13)16-7-2-3-8-9(12)4-5-15-10(8)6-7/h2-3,6H,4-5H2,1H3. The number of hydrogen-bond donors (Lipinski definition) is 0. The van der Waals surface area contributed by atoms with Gasteiger partial charge >= 0.3 is 6.16 Å². The van der Waals surface area contributed by atoms with E-state index < -0.39 is 6.16 Å². The molecule has 0 N–H and O–H groups in total. The first-order chi connectivity index (χ1) is 7.70. The molecule has 0 atom stereocenters. The molecule has 0 unspecified atom stereocenters. The van der Waals surface area contributed by atoms with Gasteiger partial charge in [0.1, 0.15) is 11.5 Å². The van der Waals surface area contributed by atoms with Crippen molar-refractivity contribution in [2.45, 2.75) is 6.42 Å². The van der Waals surface area contributed by atoms with Crippen LogP contribution < -0.4 is 9.47 Å². The van der Waals surface area contributed by atoms with Crippen molar-refractivity contribution in [3.63, 3.8) is 0 Å². The summed E-state index contributed by atoms with van der Waals surface area (Å²) in [6.07, 6.45) is -0.424. The van der Waals surface area contributed by atoms with Gasteiger partial charge in [-0.25, -0.2) is 4.79 Å². The Hall–Kier alpha value is -2.04. The van der Waals surface area contributed by atoms with Crippen molar-refractivity contribution < 1.29 is 23.8 Å². The summed E-state index contributed by atoms with van der Waals surface area (Å²) in [6.45, 7) is 0.355. The van der Waals surface area contributed by atoms with E-state index in [0.29, 0.717) is 30.1 Å². The molecular weight excluding hydrogens is 212 g/mol. The fraction of sp³-hybridized carbons (Fsp3) is 0.273. The van der Waals surface area contributed by atoms with E-state index in [4.69, 9.17) is 9.47 Å². The molecule has 0 bridgehead atoms. The second-order valence-electron chi connectivity index (χ2n) is 3.24. The molecule has 2 rings (SSSR count). The number of fused-ring (bicyclic) bond motifs is 1. The Bertz CT molecular complexity index is 438. The predicted octanol–water partition coefficient (Wildman–Crippen LogP) is 1.80. The lowest BCUT2D eigenvalue weighted by Gasteiger charge is -2.16. The van der Waals surface area contributed by atoms with E-state index in [-0.39, 0.29) is 5.78 Å². The van der Waals surface area contributed by atoms with E-state index in [2.05, 4.69) is 4.74 Å². The highest BCUT2D eigenvalue weighted by Crippen LogP contribution is 2.29. The Morgan fingerprint density at radius 2 is 2.25 bits per heavy atom. The average Bonchev–Trinajstić information content (AvgIpc) is 2.29. The van der Waals surface area contributed by atoms with Crippen LogP contribution in [0.2, 0.25) is 0 Å². The minimum Gasteiger partial charge on any atom is -0.492 e. The second kappa shape index (κ2) is 4.22. The molecule has 0 saturated carbocycles. The molecule has 1 aliphatic rings. The third-order valence-electron chi connectivity index (χ3n) is 2.21. The van der Waals surface area contributed by atoms with Gasteiger partial charge in [-0.1, -0.05) is 0 Å². The smallest absolute Gasteiger partial charge is 0.492 e. The average molecular weight is 222 g/mol. The fourth-order valence-corrected chi connectivity index (χ4v) is 1.44. The Balaban J connectivity index is 2.25. The maximum Gasteiger partial charge on any atom is 0.513 e. The van der Waals surface area contributed by atoms with Crippen molar-refractivity contribution in [1.29, 1.82) is 0 Å². The van der Waals surface area contributed by atoms with Crippen molar-refractivity contribution in [3.8, 4) is 11.5 Å². The highest BCUT2D eigenvalue weighted by Gasteiger charge is 2.19. The van der Waals surface area contributed by atoms with Gasteiger partial charge in [-0.15, -0.1) is 0 Å². The Morgan fingerprint density at radius 3 is 3.00 bits per heavy atom. The van der Waals surface area contributed by atoms with Crippen LogP contribution >= 0.6 is 0 Å². The van der Waals surface area contributed by atoms with Crippen LogP contribution in [0.15, 0.2) is 18.2 Å². The summed E-state index contributed by atoms with van der Waals surface area (Å²) in [5, 5.41) is 0. The maximum absolute atomic E-state index is 11.5. The molecule has 16 heavy (non-hydrogen) atoms. The number of methoxy groups -OCH3 is 1. The number of carbonyl (C=O) groups is 2. The molecule has 1 aromatic carbocycles. The SMILES string of the molecule is COC(=O)Oc1ccc2c(c1)OCCC2=O. The van der Waals surface area contributed by atoms with Gasteiger partial charge in [0.2, 0.25) is 0 Å². The normalized spacial score (nSPS) is 13.7. The minimum atomic E-state index is -0.804. The van der Waals surface area contributed by atoms with Crippen LogP contribution in [-0.4, -0.2) is 25.7 Å². The molecule has 0 aliphatic carbocycles. The summed E-state index contributed by atoms with van der Waals surface area (Å²) in [5.41, 5.74) is 0.517. The Morgan fingerprint density at radius 1 is 1.44 bits per heavy atom. The van der Waals surface area contributed by atoms with Gasteiger partial charge in [0.15, 0.2) is 5.78 Å². The first-order valence-corrected chi connectivity index (χ1v) is 4.76. The Labute approximate surface area is 91.9 Å². The van der Waals surface area contributed by atoms with Crippen LogP contribution in [0.5, 0.6) is 11.5 Å². The molecule has 0 amide bonds. The van der Waals surface area contributed by atoms with Crippen LogP contribution in [0.4, 0.5) is 4.79 Å². The van der Waals surface area contributed by atoms with Crippen molar-refractivity contribution in [3.05, 3.63) is 23.8 Å². The third kappa shape index (κ3) is 1.98. The molecule has 0 aromatic heterocycles. The highest BCUT2D eigenvalue weighted by atomic mass is 16.7. The molecule has 0 spiro atoms. The van der Waals surface area contributed by atoms with Crippen LogP contribution in [-0.2, 0) is 4.74 Å². The van der Waals surface area contributed by atoms with E-state index >= 15 is 0 Å².